The Balaban J connectivity index is 0.000000310. The minimum Gasteiger partial charge on any atom is -0.496 e. The Hall–Kier alpha value is -7.97. The number of aromatic nitrogens is 5. The first-order valence-electron chi connectivity index (χ1n) is 21.3. The van der Waals surface area contributed by atoms with Crippen molar-refractivity contribution in [2.45, 2.75) is 56.7 Å². The van der Waals surface area contributed by atoms with E-state index in [9.17, 15) is 13.2 Å². The van der Waals surface area contributed by atoms with Gasteiger partial charge in [0.2, 0.25) is 0 Å². The second-order valence-corrected chi connectivity index (χ2v) is 15.6. The molecule has 0 fully saturated rings. The van der Waals surface area contributed by atoms with Crippen molar-refractivity contribution >= 4 is 71.9 Å². The first-order valence-corrected chi connectivity index (χ1v) is 21.6. The summed E-state index contributed by atoms with van der Waals surface area (Å²) < 4.78 is 64.3. The highest BCUT2D eigenvalue weighted by atomic mass is 35.5. The molecule has 0 unspecified atom stereocenters. The van der Waals surface area contributed by atoms with Gasteiger partial charge < -0.3 is 29.4 Å². The molecule has 0 spiro atoms. The van der Waals surface area contributed by atoms with Crippen molar-refractivity contribution in [3.05, 3.63) is 173 Å². The van der Waals surface area contributed by atoms with Gasteiger partial charge in [-0.1, -0.05) is 71.6 Å². The van der Waals surface area contributed by atoms with Gasteiger partial charge in [0.15, 0.2) is 0 Å². The molecule has 386 valence electrons. The number of ether oxygens (including phenoxy) is 5. The van der Waals surface area contributed by atoms with Gasteiger partial charge in [0.25, 0.3) is 0 Å². The van der Waals surface area contributed by atoms with Crippen LogP contribution in [0.1, 0.15) is 52.1 Å². The van der Waals surface area contributed by atoms with E-state index in [4.69, 9.17) is 41.0 Å². The number of nitrogen functional groups attached to an aromatic ring is 1. The van der Waals surface area contributed by atoms with Crippen molar-refractivity contribution in [1.29, 1.82) is 0 Å². The average molecular weight is 1020 g/mol. The van der Waals surface area contributed by atoms with Crippen molar-refractivity contribution < 1.29 is 36.9 Å². The summed E-state index contributed by atoms with van der Waals surface area (Å²) in [6.07, 6.45) is 0.810. The van der Waals surface area contributed by atoms with Crippen LogP contribution in [0.3, 0.4) is 0 Å². The van der Waals surface area contributed by atoms with E-state index in [1.54, 1.807) is 72.2 Å². The number of hydrogen-bond donors (Lipinski definition) is 1. The van der Waals surface area contributed by atoms with Gasteiger partial charge in [-0.25, -0.2) is 4.98 Å². The van der Waals surface area contributed by atoms with Crippen LogP contribution in [-0.4, -0.2) is 60.5 Å². The SMILES string of the molecule is C.C.C.C.COc1cc(C)nc2c(C(F)(F)F)cccc12.COc1cc(N)nc2cc(C)ccc12.COc1ccnc2cc(C)ccc12.COc1ccnc2cc(Cl)ccc12.COc1ccnc2ccccc12. The first-order chi connectivity index (χ1) is 33.2. The maximum atomic E-state index is 12.8. The van der Waals surface area contributed by atoms with Crippen molar-refractivity contribution in [2.24, 2.45) is 0 Å². The third kappa shape index (κ3) is 15.5. The predicted octanol–water partition coefficient (Wildman–Crippen LogP) is 15.9. The van der Waals surface area contributed by atoms with E-state index in [0.717, 1.165) is 78.2 Å². The van der Waals surface area contributed by atoms with E-state index < -0.39 is 11.7 Å². The number of para-hydroxylation sites is 2. The fourth-order valence-electron chi connectivity index (χ4n) is 7.16. The first kappa shape index (κ1) is 61.2. The average Bonchev–Trinajstić information content (AvgIpc) is 3.35. The monoisotopic (exact) mass is 1020 g/mol. The van der Waals surface area contributed by atoms with Crippen LogP contribution >= 0.6 is 11.6 Å². The van der Waals surface area contributed by atoms with E-state index in [1.165, 1.54) is 18.7 Å². The fourth-order valence-corrected chi connectivity index (χ4v) is 7.33. The van der Waals surface area contributed by atoms with Crippen molar-refractivity contribution in [3.63, 3.8) is 0 Å². The Kier molecular flexibility index (Phi) is 23.6. The van der Waals surface area contributed by atoms with Crippen LogP contribution < -0.4 is 29.4 Å². The van der Waals surface area contributed by atoms with Crippen LogP contribution in [0.15, 0.2) is 146 Å². The normalized spacial score (nSPS) is 10.1. The Morgan fingerprint density at radius 3 is 1.41 bits per heavy atom. The molecule has 0 saturated heterocycles. The number of methoxy groups -OCH3 is 5. The molecule has 10 rings (SSSR count). The van der Waals surface area contributed by atoms with Crippen LogP contribution in [0.5, 0.6) is 28.7 Å². The number of benzene rings is 5. The summed E-state index contributed by atoms with van der Waals surface area (Å²) in [6, 6.07) is 38.5. The molecule has 73 heavy (non-hydrogen) atoms. The quantitative estimate of drug-likeness (QED) is 0.176. The Morgan fingerprint density at radius 1 is 0.438 bits per heavy atom. The lowest BCUT2D eigenvalue weighted by atomic mass is 10.1. The molecule has 5 aromatic heterocycles. The summed E-state index contributed by atoms with van der Waals surface area (Å²) >= 11 is 5.83. The molecule has 0 aliphatic heterocycles. The van der Waals surface area contributed by atoms with Crippen LogP contribution in [0.4, 0.5) is 19.0 Å². The van der Waals surface area contributed by atoms with Crippen LogP contribution in [0.2, 0.25) is 5.02 Å². The lowest BCUT2D eigenvalue weighted by Crippen LogP contribution is -2.07. The maximum Gasteiger partial charge on any atom is 0.418 e. The smallest absolute Gasteiger partial charge is 0.418 e. The van der Waals surface area contributed by atoms with Gasteiger partial charge in [0.05, 0.1) is 68.7 Å². The molecule has 11 nitrogen and oxygen atoms in total. The minimum atomic E-state index is -4.41. The molecule has 5 aromatic carbocycles. The number of rotatable bonds is 5. The lowest BCUT2D eigenvalue weighted by Gasteiger charge is -2.12. The molecule has 10 aromatic rings. The van der Waals surface area contributed by atoms with Crippen LogP contribution in [0.25, 0.3) is 54.5 Å². The van der Waals surface area contributed by atoms with Crippen LogP contribution in [-0.2, 0) is 6.18 Å². The highest BCUT2D eigenvalue weighted by molar-refractivity contribution is 6.31. The number of fused-ring (bicyclic) bond motifs is 5. The molecule has 0 atom stereocenters. The Bertz CT molecular complexity index is 3260. The third-order valence-corrected chi connectivity index (χ3v) is 10.6. The van der Waals surface area contributed by atoms with Gasteiger partial charge >= 0.3 is 6.18 Å². The standard InChI is InChI=1S/C12H10F3NO.C11H12N2O.C11H11NO.C10H8ClNO.C10H9NO.4CH4/c1-7-6-10(17-2)8-4-3-5-9(11(8)16-7)12(13,14)15;1-7-3-4-8-9(5-7)13-11(12)6-10(8)14-2;1-8-3-4-9-10(7-8)12-6-5-11(9)13-2;1-13-10-4-5-12-9-6-7(11)2-3-8(9)10;1-12-10-6-7-11-9-5-3-2-4-8(9)10;;;;/h3-6H,1-2H3;3-6H,1-2H3,(H2,12,13);3-7H,1-2H3;2-6H,1H3;2-7H,1H3;4*1H4. The van der Waals surface area contributed by atoms with Crippen molar-refractivity contribution in [1.82, 2.24) is 24.9 Å². The number of nitrogens with zero attached hydrogens (tertiary/aromatic N) is 5. The summed E-state index contributed by atoms with van der Waals surface area (Å²) in [5.74, 6) is 4.23. The van der Waals surface area contributed by atoms with E-state index in [1.807, 2.05) is 91.9 Å². The zero-order valence-corrected chi connectivity index (χ0v) is 40.0. The molecule has 0 bridgehead atoms. The number of hydrogen-bond acceptors (Lipinski definition) is 11. The van der Waals surface area contributed by atoms with Gasteiger partial charge in [-0.3, -0.25) is 19.9 Å². The lowest BCUT2D eigenvalue weighted by molar-refractivity contribution is -0.136. The Labute approximate surface area is 432 Å². The molecule has 2 N–H and O–H groups in total. The topological polar surface area (TPSA) is 137 Å². The molecule has 5 heterocycles. The number of halogens is 4. The maximum absolute atomic E-state index is 12.8. The Morgan fingerprint density at radius 2 is 0.877 bits per heavy atom. The zero-order chi connectivity index (χ0) is 49.7. The van der Waals surface area contributed by atoms with Crippen LogP contribution in [0, 0.1) is 20.8 Å². The zero-order valence-electron chi connectivity index (χ0n) is 39.2. The molecule has 0 radical (unpaired) electrons. The third-order valence-electron chi connectivity index (χ3n) is 10.4. The number of aryl methyl sites for hydroxylation is 3. The van der Waals surface area contributed by atoms with Gasteiger partial charge in [0.1, 0.15) is 34.6 Å². The molecule has 15 heteroatoms. The molecule has 0 amide bonds. The largest absolute Gasteiger partial charge is 0.496 e. The van der Waals surface area contributed by atoms with E-state index in [2.05, 4.69) is 44.0 Å². The highest BCUT2D eigenvalue weighted by Gasteiger charge is 2.33. The highest BCUT2D eigenvalue weighted by Crippen LogP contribution is 2.37. The second-order valence-electron chi connectivity index (χ2n) is 15.2. The van der Waals surface area contributed by atoms with Gasteiger partial charge in [-0.15, -0.1) is 0 Å². The van der Waals surface area contributed by atoms with Gasteiger partial charge in [-0.05, 0) is 117 Å². The van der Waals surface area contributed by atoms with Gasteiger partial charge in [0, 0.05) is 68.4 Å². The predicted molar refractivity (Wildman–Crippen MR) is 297 cm³/mol. The van der Waals surface area contributed by atoms with E-state index in [-0.39, 0.29) is 35.2 Å². The molecule has 0 aliphatic carbocycles. The number of alkyl halides is 3. The minimum absolute atomic E-state index is 0. The summed E-state index contributed by atoms with van der Waals surface area (Å²) in [6.45, 7) is 5.71. The molecule has 0 aliphatic rings. The number of anilines is 1. The summed E-state index contributed by atoms with van der Waals surface area (Å²) in [7, 11) is 8.04. The van der Waals surface area contributed by atoms with Crippen molar-refractivity contribution in [2.75, 3.05) is 41.3 Å². The summed E-state index contributed by atoms with van der Waals surface area (Å²) in [5, 5.41) is 5.15. The summed E-state index contributed by atoms with van der Waals surface area (Å²) in [4.78, 5) is 20.9. The van der Waals surface area contributed by atoms with E-state index in [0.29, 0.717) is 27.7 Å². The fraction of sp³-hybridized carbons (Fsp3) is 0.224. The molecule has 0 saturated carbocycles. The molecular formula is C58H66ClF3N6O5. The van der Waals surface area contributed by atoms with Gasteiger partial charge in [-0.2, -0.15) is 13.2 Å². The number of nitrogens with two attached hydrogens (primary N) is 1. The second kappa shape index (κ2) is 28.2. The van der Waals surface area contributed by atoms with E-state index >= 15 is 0 Å². The van der Waals surface area contributed by atoms with Crippen molar-refractivity contribution in [3.8, 4) is 28.7 Å². The molecular weight excluding hydrogens is 953 g/mol. The number of pyridine rings is 5. The summed E-state index contributed by atoms with van der Waals surface area (Å²) in [5.41, 5.74) is 11.4.